The van der Waals surface area contributed by atoms with E-state index >= 15 is 0 Å². The second-order valence-corrected chi connectivity index (χ2v) is 7.25. The molecule has 5 nitrogen and oxygen atoms in total. The van der Waals surface area contributed by atoms with Gasteiger partial charge in [0.2, 0.25) is 0 Å². The van der Waals surface area contributed by atoms with Crippen molar-refractivity contribution < 1.29 is 13.9 Å². The first-order chi connectivity index (χ1) is 12.2. The van der Waals surface area contributed by atoms with E-state index < -0.39 is 0 Å². The second kappa shape index (κ2) is 6.98. The van der Waals surface area contributed by atoms with Crippen LogP contribution in [-0.2, 0) is 4.74 Å². The van der Waals surface area contributed by atoms with Crippen LogP contribution < -0.4 is 0 Å². The molecule has 3 heterocycles. The van der Waals surface area contributed by atoms with Gasteiger partial charge in [-0.05, 0) is 37.6 Å². The molecule has 4 rings (SSSR count). The van der Waals surface area contributed by atoms with Gasteiger partial charge in [0.15, 0.2) is 16.5 Å². The zero-order valence-electron chi connectivity index (χ0n) is 14.1. The fourth-order valence-corrected chi connectivity index (χ4v) is 4.02. The van der Waals surface area contributed by atoms with Crippen molar-refractivity contribution in [3.63, 3.8) is 0 Å². The van der Waals surface area contributed by atoms with Crippen LogP contribution in [0.3, 0.4) is 0 Å². The Bertz CT molecular complexity index is 847. The molecule has 1 fully saturated rings. The van der Waals surface area contributed by atoms with E-state index in [-0.39, 0.29) is 5.91 Å². The molecule has 1 aromatic carbocycles. The smallest absolute Gasteiger partial charge is 0.289 e. The van der Waals surface area contributed by atoms with Crippen LogP contribution in [0.5, 0.6) is 0 Å². The fraction of sp³-hybridized carbons (Fsp3) is 0.368. The van der Waals surface area contributed by atoms with E-state index in [9.17, 15) is 4.79 Å². The number of thiazole rings is 1. The van der Waals surface area contributed by atoms with Crippen LogP contribution >= 0.6 is 11.3 Å². The number of carbonyl (C=O) groups is 1. The summed E-state index contributed by atoms with van der Waals surface area (Å²) in [6.07, 6.45) is 1.01. The Labute approximate surface area is 150 Å². The summed E-state index contributed by atoms with van der Waals surface area (Å²) < 4.78 is 12.4. The number of benzene rings is 1. The fourth-order valence-electron chi connectivity index (χ4n) is 3.10. The number of fused-ring (bicyclic) bond motifs is 1. The summed E-state index contributed by atoms with van der Waals surface area (Å²) in [6.45, 7) is 4.89. The van der Waals surface area contributed by atoms with Crippen LogP contribution in [0, 0.1) is 5.92 Å². The van der Waals surface area contributed by atoms with Crippen LogP contribution in [0.4, 0.5) is 0 Å². The van der Waals surface area contributed by atoms with Gasteiger partial charge >= 0.3 is 0 Å². The highest BCUT2D eigenvalue weighted by Crippen LogP contribution is 2.31. The number of rotatable bonds is 5. The Balaban J connectivity index is 1.53. The molecule has 1 aliphatic rings. The van der Waals surface area contributed by atoms with Crippen LogP contribution in [-0.4, -0.2) is 42.1 Å². The summed E-state index contributed by atoms with van der Waals surface area (Å²) in [6, 6.07) is 11.6. The number of furan rings is 1. The summed E-state index contributed by atoms with van der Waals surface area (Å²) >= 11 is 1.57. The highest BCUT2D eigenvalue weighted by molar-refractivity contribution is 7.21. The lowest BCUT2D eigenvalue weighted by atomic mass is 10.1. The molecular formula is C19H20N2O3S. The number of para-hydroxylation sites is 1. The molecule has 0 spiro atoms. The first-order valence-corrected chi connectivity index (χ1v) is 9.39. The molecule has 130 valence electrons. The molecule has 0 saturated carbocycles. The predicted molar refractivity (Wildman–Crippen MR) is 97.8 cm³/mol. The van der Waals surface area contributed by atoms with E-state index in [2.05, 4.69) is 4.98 Å². The number of ether oxygens (including phenoxy) is 1. The molecule has 1 atom stereocenters. The Morgan fingerprint density at radius 1 is 1.32 bits per heavy atom. The number of hydrogen-bond acceptors (Lipinski definition) is 5. The molecule has 0 bridgehead atoms. The van der Waals surface area contributed by atoms with Gasteiger partial charge in [-0.1, -0.05) is 12.1 Å². The minimum absolute atomic E-state index is 0.0678. The minimum Gasteiger partial charge on any atom is -0.448 e. The van der Waals surface area contributed by atoms with Gasteiger partial charge in [0.25, 0.3) is 5.91 Å². The lowest BCUT2D eigenvalue weighted by Crippen LogP contribution is -2.35. The minimum atomic E-state index is -0.0678. The quantitative estimate of drug-likeness (QED) is 0.692. The summed E-state index contributed by atoms with van der Waals surface area (Å²) in [5.74, 6) is 1.36. The van der Waals surface area contributed by atoms with Gasteiger partial charge in [0, 0.05) is 25.6 Å². The van der Waals surface area contributed by atoms with E-state index in [1.165, 1.54) is 0 Å². The standard InChI is InChI=1S/C19H20N2O3S/c1-2-21(11-13-9-10-23-12-13)19(22)16-8-7-15(24-16)18-20-14-5-3-4-6-17(14)25-18/h3-8,13H,2,9-12H2,1H3. The topological polar surface area (TPSA) is 55.6 Å². The van der Waals surface area contributed by atoms with Gasteiger partial charge < -0.3 is 14.1 Å². The van der Waals surface area contributed by atoms with Crippen LogP contribution in [0.1, 0.15) is 23.9 Å². The van der Waals surface area contributed by atoms with Crippen molar-refractivity contribution in [1.82, 2.24) is 9.88 Å². The zero-order chi connectivity index (χ0) is 17.2. The summed E-state index contributed by atoms with van der Waals surface area (Å²) in [5.41, 5.74) is 0.947. The normalized spacial score (nSPS) is 17.2. The number of carbonyl (C=O) groups excluding carboxylic acids is 1. The number of amides is 1. The van der Waals surface area contributed by atoms with Crippen molar-refractivity contribution in [3.05, 3.63) is 42.2 Å². The molecule has 2 aromatic heterocycles. The number of nitrogens with zero attached hydrogens (tertiary/aromatic N) is 2. The third kappa shape index (κ3) is 3.32. The molecule has 1 aliphatic heterocycles. The molecule has 1 amide bonds. The molecule has 3 aromatic rings. The largest absolute Gasteiger partial charge is 0.448 e. The van der Waals surface area contributed by atoms with Gasteiger partial charge in [-0.25, -0.2) is 4.98 Å². The monoisotopic (exact) mass is 356 g/mol. The lowest BCUT2D eigenvalue weighted by Gasteiger charge is -2.22. The molecule has 1 unspecified atom stereocenters. The average molecular weight is 356 g/mol. The SMILES string of the molecule is CCN(CC1CCOC1)C(=O)c1ccc(-c2nc3ccccc3s2)o1. The first kappa shape index (κ1) is 16.3. The Morgan fingerprint density at radius 3 is 2.96 bits per heavy atom. The Morgan fingerprint density at radius 2 is 2.20 bits per heavy atom. The van der Waals surface area contributed by atoms with Crippen molar-refractivity contribution in [2.75, 3.05) is 26.3 Å². The predicted octanol–water partition coefficient (Wildman–Crippen LogP) is 4.05. The van der Waals surface area contributed by atoms with Crippen LogP contribution in [0.2, 0.25) is 0 Å². The third-order valence-corrected chi connectivity index (χ3v) is 5.54. The number of hydrogen-bond donors (Lipinski definition) is 0. The maximum absolute atomic E-state index is 12.8. The highest BCUT2D eigenvalue weighted by atomic mass is 32.1. The van der Waals surface area contributed by atoms with Crippen molar-refractivity contribution in [2.24, 2.45) is 5.92 Å². The average Bonchev–Trinajstić information content (AvgIpc) is 3.38. The van der Waals surface area contributed by atoms with Gasteiger partial charge in [-0.2, -0.15) is 0 Å². The summed E-state index contributed by atoms with van der Waals surface area (Å²) in [4.78, 5) is 19.2. The van der Waals surface area contributed by atoms with Gasteiger partial charge in [0.05, 0.1) is 16.8 Å². The van der Waals surface area contributed by atoms with Crippen molar-refractivity contribution in [2.45, 2.75) is 13.3 Å². The molecular weight excluding hydrogens is 336 g/mol. The van der Waals surface area contributed by atoms with Crippen molar-refractivity contribution >= 4 is 27.5 Å². The van der Waals surface area contributed by atoms with Crippen molar-refractivity contribution in [3.8, 4) is 10.8 Å². The first-order valence-electron chi connectivity index (χ1n) is 8.57. The maximum Gasteiger partial charge on any atom is 0.289 e. The van der Waals surface area contributed by atoms with E-state index in [4.69, 9.17) is 9.15 Å². The van der Waals surface area contributed by atoms with E-state index in [1.807, 2.05) is 42.2 Å². The number of aromatic nitrogens is 1. The molecule has 25 heavy (non-hydrogen) atoms. The molecule has 0 radical (unpaired) electrons. The Kier molecular flexibility index (Phi) is 4.55. The molecule has 0 N–H and O–H groups in total. The third-order valence-electron chi connectivity index (χ3n) is 4.49. The second-order valence-electron chi connectivity index (χ2n) is 6.22. The molecule has 6 heteroatoms. The summed E-state index contributed by atoms with van der Waals surface area (Å²) in [5, 5.41) is 0.799. The Hall–Kier alpha value is -2.18. The zero-order valence-corrected chi connectivity index (χ0v) is 14.9. The van der Waals surface area contributed by atoms with Crippen molar-refractivity contribution in [1.29, 1.82) is 0 Å². The maximum atomic E-state index is 12.8. The summed E-state index contributed by atoms with van der Waals surface area (Å²) in [7, 11) is 0. The van der Waals surface area contributed by atoms with Gasteiger partial charge in [0.1, 0.15) is 0 Å². The van der Waals surface area contributed by atoms with Crippen LogP contribution in [0.15, 0.2) is 40.8 Å². The lowest BCUT2D eigenvalue weighted by molar-refractivity contribution is 0.0700. The van der Waals surface area contributed by atoms with E-state index in [0.717, 1.165) is 34.9 Å². The van der Waals surface area contributed by atoms with E-state index in [0.29, 0.717) is 30.5 Å². The van der Waals surface area contributed by atoms with Crippen LogP contribution in [0.25, 0.3) is 21.0 Å². The van der Waals surface area contributed by atoms with Gasteiger partial charge in [-0.3, -0.25) is 4.79 Å². The molecule has 1 saturated heterocycles. The molecule has 0 aliphatic carbocycles. The van der Waals surface area contributed by atoms with E-state index in [1.54, 1.807) is 17.4 Å². The highest BCUT2D eigenvalue weighted by Gasteiger charge is 2.24. The van der Waals surface area contributed by atoms with Gasteiger partial charge in [-0.15, -0.1) is 11.3 Å².